The van der Waals surface area contributed by atoms with Gasteiger partial charge in [-0.2, -0.15) is 0 Å². The van der Waals surface area contributed by atoms with E-state index in [9.17, 15) is 5.11 Å². The van der Waals surface area contributed by atoms with E-state index in [1.54, 1.807) is 42.6 Å². The fourth-order valence-electron chi connectivity index (χ4n) is 1.52. The maximum absolute atomic E-state index is 9.98. The molecule has 98 valence electrons. The Bertz CT molecular complexity index is 612. The molecule has 0 aliphatic heterocycles. The molecule has 0 bridgehead atoms. The average molecular weight is 341 g/mol. The highest BCUT2D eigenvalue weighted by molar-refractivity contribution is 9.10. The van der Waals surface area contributed by atoms with Gasteiger partial charge >= 0.3 is 0 Å². The van der Waals surface area contributed by atoms with Gasteiger partial charge in [0.1, 0.15) is 0 Å². The first-order valence-electron chi connectivity index (χ1n) is 5.46. The van der Waals surface area contributed by atoms with Gasteiger partial charge in [-0.05, 0) is 36.4 Å². The van der Waals surface area contributed by atoms with E-state index >= 15 is 0 Å². The molecule has 0 saturated carbocycles. The van der Waals surface area contributed by atoms with Crippen LogP contribution in [0.5, 0.6) is 11.5 Å². The maximum atomic E-state index is 9.98. The summed E-state index contributed by atoms with van der Waals surface area (Å²) >= 11 is 9.15. The van der Waals surface area contributed by atoms with E-state index in [0.717, 1.165) is 10.2 Å². The van der Waals surface area contributed by atoms with Gasteiger partial charge in [-0.3, -0.25) is 4.99 Å². The Hall–Kier alpha value is -1.52. The van der Waals surface area contributed by atoms with Crippen LogP contribution in [0.25, 0.3) is 0 Å². The predicted octanol–water partition coefficient (Wildman–Crippen LogP) is 4.57. The Balaban J connectivity index is 2.32. The van der Waals surface area contributed by atoms with Crippen molar-refractivity contribution in [2.75, 3.05) is 7.11 Å². The molecule has 0 atom stereocenters. The minimum atomic E-state index is 0.0587. The number of aliphatic imine (C=N–C) groups is 1. The molecule has 1 N–H and O–H groups in total. The molecule has 5 heteroatoms. The van der Waals surface area contributed by atoms with E-state index in [2.05, 4.69) is 20.9 Å². The Morgan fingerprint density at radius 2 is 1.95 bits per heavy atom. The van der Waals surface area contributed by atoms with E-state index in [1.807, 2.05) is 0 Å². The molecule has 0 aromatic heterocycles. The standard InChI is InChI=1S/C14H11BrClNO2/c1-19-13-7-10(15)6-9(14(13)18)8-17-12-4-2-11(16)3-5-12/h2-8,18H,1H3. The topological polar surface area (TPSA) is 41.8 Å². The molecule has 0 radical (unpaired) electrons. The lowest BCUT2D eigenvalue weighted by Gasteiger charge is -2.06. The van der Waals surface area contributed by atoms with Crippen LogP contribution in [0.1, 0.15) is 5.56 Å². The van der Waals surface area contributed by atoms with Crippen LogP contribution in [0.15, 0.2) is 45.9 Å². The van der Waals surface area contributed by atoms with E-state index in [1.165, 1.54) is 7.11 Å². The van der Waals surface area contributed by atoms with Crippen molar-refractivity contribution in [1.82, 2.24) is 0 Å². The SMILES string of the molecule is COc1cc(Br)cc(C=Nc2ccc(Cl)cc2)c1O. The van der Waals surface area contributed by atoms with Crippen molar-refractivity contribution in [3.63, 3.8) is 0 Å². The summed E-state index contributed by atoms with van der Waals surface area (Å²) in [6.07, 6.45) is 1.58. The molecule has 3 nitrogen and oxygen atoms in total. The second-order valence-electron chi connectivity index (χ2n) is 3.78. The van der Waals surface area contributed by atoms with Crippen molar-refractivity contribution in [1.29, 1.82) is 0 Å². The van der Waals surface area contributed by atoms with Crippen LogP contribution in [-0.4, -0.2) is 18.4 Å². The van der Waals surface area contributed by atoms with Crippen molar-refractivity contribution in [3.8, 4) is 11.5 Å². The lowest BCUT2D eigenvalue weighted by atomic mass is 10.2. The van der Waals surface area contributed by atoms with Gasteiger partial charge in [0, 0.05) is 21.3 Å². The third kappa shape index (κ3) is 3.49. The summed E-state index contributed by atoms with van der Waals surface area (Å²) in [7, 11) is 1.50. The zero-order valence-electron chi connectivity index (χ0n) is 10.1. The number of phenols is 1. The first-order valence-corrected chi connectivity index (χ1v) is 6.63. The summed E-state index contributed by atoms with van der Waals surface area (Å²) < 4.78 is 5.88. The zero-order chi connectivity index (χ0) is 13.8. The number of ether oxygens (including phenoxy) is 1. The molecule has 0 heterocycles. The summed E-state index contributed by atoms with van der Waals surface area (Å²) in [4.78, 5) is 4.27. The molecule has 0 amide bonds. The van der Waals surface area contributed by atoms with Crippen molar-refractivity contribution >= 4 is 39.4 Å². The molecule has 2 aromatic rings. The molecule has 0 aliphatic carbocycles. The Labute approximate surface area is 124 Å². The third-order valence-corrected chi connectivity index (χ3v) is 3.18. The van der Waals surface area contributed by atoms with Gasteiger partial charge in [0.2, 0.25) is 0 Å². The zero-order valence-corrected chi connectivity index (χ0v) is 12.4. The van der Waals surface area contributed by atoms with Gasteiger partial charge in [-0.15, -0.1) is 0 Å². The maximum Gasteiger partial charge on any atom is 0.166 e. The first kappa shape index (κ1) is 13.9. The number of nitrogens with zero attached hydrogens (tertiary/aromatic N) is 1. The van der Waals surface area contributed by atoms with Gasteiger partial charge in [0.25, 0.3) is 0 Å². The van der Waals surface area contributed by atoms with Gasteiger partial charge < -0.3 is 9.84 Å². The fourth-order valence-corrected chi connectivity index (χ4v) is 2.10. The molecule has 0 unspecified atom stereocenters. The number of rotatable bonds is 3. The van der Waals surface area contributed by atoms with Crippen LogP contribution in [-0.2, 0) is 0 Å². The van der Waals surface area contributed by atoms with Gasteiger partial charge in [-0.25, -0.2) is 0 Å². The van der Waals surface area contributed by atoms with Crippen molar-refractivity contribution < 1.29 is 9.84 Å². The van der Waals surface area contributed by atoms with Crippen molar-refractivity contribution in [2.24, 2.45) is 4.99 Å². The average Bonchev–Trinajstić information content (AvgIpc) is 2.41. The Morgan fingerprint density at radius 1 is 1.26 bits per heavy atom. The van der Waals surface area contributed by atoms with Crippen LogP contribution in [0.2, 0.25) is 5.02 Å². The van der Waals surface area contributed by atoms with Crippen LogP contribution in [0, 0.1) is 0 Å². The molecule has 0 fully saturated rings. The van der Waals surface area contributed by atoms with E-state index < -0.39 is 0 Å². The Kier molecular flexibility index (Phi) is 4.45. The second kappa shape index (κ2) is 6.08. The molecule has 0 saturated heterocycles. The summed E-state index contributed by atoms with van der Waals surface area (Å²) in [5.74, 6) is 0.454. The second-order valence-corrected chi connectivity index (χ2v) is 5.13. The fraction of sp³-hybridized carbons (Fsp3) is 0.0714. The number of hydrogen-bond donors (Lipinski definition) is 1. The van der Waals surface area contributed by atoms with Crippen molar-refractivity contribution in [2.45, 2.75) is 0 Å². The van der Waals surface area contributed by atoms with E-state index in [4.69, 9.17) is 16.3 Å². The lowest BCUT2D eigenvalue weighted by Crippen LogP contribution is -1.89. The highest BCUT2D eigenvalue weighted by Crippen LogP contribution is 2.32. The van der Waals surface area contributed by atoms with Gasteiger partial charge in [-0.1, -0.05) is 27.5 Å². The monoisotopic (exact) mass is 339 g/mol. The summed E-state index contributed by atoms with van der Waals surface area (Å²) in [6.45, 7) is 0. The molecular weight excluding hydrogens is 330 g/mol. The number of methoxy groups -OCH3 is 1. The molecule has 0 spiro atoms. The van der Waals surface area contributed by atoms with E-state index in [0.29, 0.717) is 16.3 Å². The number of benzene rings is 2. The summed E-state index contributed by atoms with van der Waals surface area (Å²) in [5.41, 5.74) is 1.32. The summed E-state index contributed by atoms with van der Waals surface area (Å²) in [6, 6.07) is 10.6. The first-order chi connectivity index (χ1) is 9.10. The van der Waals surface area contributed by atoms with E-state index in [-0.39, 0.29) is 5.75 Å². The minimum Gasteiger partial charge on any atom is -0.504 e. The quantitative estimate of drug-likeness (QED) is 0.832. The number of halogens is 2. The molecule has 19 heavy (non-hydrogen) atoms. The van der Waals surface area contributed by atoms with Gasteiger partial charge in [0.15, 0.2) is 11.5 Å². The van der Waals surface area contributed by atoms with Crippen LogP contribution in [0.3, 0.4) is 0 Å². The highest BCUT2D eigenvalue weighted by Gasteiger charge is 2.07. The molecule has 2 aromatic carbocycles. The van der Waals surface area contributed by atoms with Crippen LogP contribution < -0.4 is 4.74 Å². The highest BCUT2D eigenvalue weighted by atomic mass is 79.9. The molecule has 0 aliphatic rings. The number of hydrogen-bond acceptors (Lipinski definition) is 3. The smallest absolute Gasteiger partial charge is 0.166 e. The van der Waals surface area contributed by atoms with Crippen LogP contribution >= 0.6 is 27.5 Å². The Morgan fingerprint density at radius 3 is 2.58 bits per heavy atom. The predicted molar refractivity (Wildman–Crippen MR) is 81.1 cm³/mol. The third-order valence-electron chi connectivity index (χ3n) is 2.47. The normalized spacial score (nSPS) is 10.9. The minimum absolute atomic E-state index is 0.0587. The summed E-state index contributed by atoms with van der Waals surface area (Å²) in [5, 5.41) is 10.6. The molecule has 2 rings (SSSR count). The van der Waals surface area contributed by atoms with Gasteiger partial charge in [0.05, 0.1) is 12.8 Å². The largest absolute Gasteiger partial charge is 0.504 e. The number of phenolic OH excluding ortho intramolecular Hbond substituents is 1. The van der Waals surface area contributed by atoms with Crippen LogP contribution in [0.4, 0.5) is 5.69 Å². The van der Waals surface area contributed by atoms with Crippen molar-refractivity contribution in [3.05, 3.63) is 51.5 Å². The number of aromatic hydroxyl groups is 1. The molecular formula is C14H11BrClNO2. The lowest BCUT2D eigenvalue weighted by molar-refractivity contribution is 0.373.